The van der Waals surface area contributed by atoms with E-state index in [1.54, 1.807) is 32.4 Å². The molecular weight excluding hydrogens is 222 g/mol. The van der Waals surface area contributed by atoms with E-state index in [0.29, 0.717) is 17.9 Å². The molecular formula is C11H17N3O3. The molecule has 1 atom stereocenters. The molecule has 1 aromatic carbocycles. The molecule has 0 heterocycles. The predicted molar refractivity (Wildman–Crippen MR) is 63.6 cm³/mol. The van der Waals surface area contributed by atoms with Crippen molar-refractivity contribution < 1.29 is 14.3 Å². The fourth-order valence-corrected chi connectivity index (χ4v) is 1.46. The van der Waals surface area contributed by atoms with Crippen molar-refractivity contribution in [3.63, 3.8) is 0 Å². The van der Waals surface area contributed by atoms with Gasteiger partial charge in [-0.2, -0.15) is 0 Å². The molecule has 6 nitrogen and oxygen atoms in total. The molecule has 1 unspecified atom stereocenters. The largest absolute Gasteiger partial charge is 0.497 e. The predicted octanol–water partition coefficient (Wildman–Crippen LogP) is -0.436. The third-order valence-corrected chi connectivity index (χ3v) is 2.41. The molecule has 1 aromatic rings. The molecule has 0 aliphatic heterocycles. The third-order valence-electron chi connectivity index (χ3n) is 2.41. The first-order chi connectivity index (χ1) is 8.12. The smallest absolute Gasteiger partial charge is 0.251 e. The summed E-state index contributed by atoms with van der Waals surface area (Å²) in [5.41, 5.74) is 8.51. The first kappa shape index (κ1) is 13.3. The molecule has 0 radical (unpaired) electrons. The van der Waals surface area contributed by atoms with Crippen LogP contribution in [0.5, 0.6) is 11.5 Å². The fraction of sp³-hybridized carbons (Fsp3) is 0.364. The molecule has 5 N–H and O–H groups in total. The Labute approximate surface area is 99.8 Å². The Morgan fingerprint density at radius 1 is 1.41 bits per heavy atom. The lowest BCUT2D eigenvalue weighted by Crippen LogP contribution is -2.45. The number of benzene rings is 1. The summed E-state index contributed by atoms with van der Waals surface area (Å²) in [6, 6.07) is 4.62. The molecule has 0 bridgehead atoms. The van der Waals surface area contributed by atoms with Crippen molar-refractivity contribution in [3.05, 3.63) is 23.8 Å². The molecule has 94 valence electrons. The highest BCUT2D eigenvalue weighted by Gasteiger charge is 2.15. The maximum Gasteiger partial charge on any atom is 0.251 e. The van der Waals surface area contributed by atoms with Crippen LogP contribution in [0.15, 0.2) is 18.2 Å². The van der Waals surface area contributed by atoms with Gasteiger partial charge < -0.3 is 15.2 Å². The number of nitrogens with one attached hydrogen (secondary N) is 1. The van der Waals surface area contributed by atoms with Crippen molar-refractivity contribution in [2.75, 3.05) is 14.2 Å². The van der Waals surface area contributed by atoms with Gasteiger partial charge in [-0.25, -0.2) is 5.84 Å². The molecule has 0 saturated heterocycles. The van der Waals surface area contributed by atoms with E-state index in [2.05, 4.69) is 0 Å². The first-order valence-corrected chi connectivity index (χ1v) is 5.09. The minimum atomic E-state index is -0.706. The SMILES string of the molecule is COc1ccc(CC(N)C(=O)NN)c(OC)c1. The molecule has 17 heavy (non-hydrogen) atoms. The van der Waals surface area contributed by atoms with Crippen LogP contribution in [0.3, 0.4) is 0 Å². The summed E-state index contributed by atoms with van der Waals surface area (Å²) in [6.45, 7) is 0. The number of nitrogens with two attached hydrogens (primary N) is 2. The van der Waals surface area contributed by atoms with Crippen LogP contribution in [0, 0.1) is 0 Å². The van der Waals surface area contributed by atoms with Gasteiger partial charge in [-0.15, -0.1) is 0 Å². The Morgan fingerprint density at radius 2 is 2.12 bits per heavy atom. The number of carbonyl (C=O) groups excluding carboxylic acids is 1. The van der Waals surface area contributed by atoms with Crippen LogP contribution in [0.25, 0.3) is 0 Å². The highest BCUT2D eigenvalue weighted by molar-refractivity contribution is 5.81. The molecule has 0 aliphatic rings. The summed E-state index contributed by atoms with van der Waals surface area (Å²) in [7, 11) is 3.12. The minimum Gasteiger partial charge on any atom is -0.497 e. The van der Waals surface area contributed by atoms with E-state index in [-0.39, 0.29) is 0 Å². The van der Waals surface area contributed by atoms with Crippen LogP contribution in [0.2, 0.25) is 0 Å². The van der Waals surface area contributed by atoms with Crippen molar-refractivity contribution in [3.8, 4) is 11.5 Å². The Morgan fingerprint density at radius 3 is 2.65 bits per heavy atom. The molecule has 6 heteroatoms. The fourth-order valence-electron chi connectivity index (χ4n) is 1.46. The van der Waals surface area contributed by atoms with E-state index in [4.69, 9.17) is 21.1 Å². The second-order valence-electron chi connectivity index (χ2n) is 3.50. The average Bonchev–Trinajstić information content (AvgIpc) is 2.37. The Balaban J connectivity index is 2.87. The van der Waals surface area contributed by atoms with Crippen LogP contribution >= 0.6 is 0 Å². The van der Waals surface area contributed by atoms with Crippen molar-refractivity contribution >= 4 is 5.91 Å². The zero-order valence-corrected chi connectivity index (χ0v) is 9.90. The highest BCUT2D eigenvalue weighted by atomic mass is 16.5. The number of hydrogen-bond acceptors (Lipinski definition) is 5. The second-order valence-corrected chi connectivity index (χ2v) is 3.50. The van der Waals surface area contributed by atoms with Crippen LogP contribution in [0.4, 0.5) is 0 Å². The number of hydrogen-bond donors (Lipinski definition) is 3. The molecule has 1 rings (SSSR count). The van der Waals surface area contributed by atoms with Gasteiger partial charge in [0.05, 0.1) is 20.3 Å². The Bertz CT molecular complexity index is 396. The number of carbonyl (C=O) groups is 1. The first-order valence-electron chi connectivity index (χ1n) is 5.09. The van der Waals surface area contributed by atoms with Crippen LogP contribution in [-0.2, 0) is 11.2 Å². The number of amides is 1. The summed E-state index contributed by atoms with van der Waals surface area (Å²) in [6.07, 6.45) is 0.343. The molecule has 1 amide bonds. The summed E-state index contributed by atoms with van der Waals surface area (Å²) in [5, 5.41) is 0. The van der Waals surface area contributed by atoms with Crippen molar-refractivity contribution in [1.82, 2.24) is 5.43 Å². The van der Waals surface area contributed by atoms with Gasteiger partial charge in [-0.05, 0) is 11.6 Å². The zero-order valence-electron chi connectivity index (χ0n) is 9.90. The number of ether oxygens (including phenoxy) is 2. The Kier molecular flexibility index (Phi) is 4.74. The zero-order chi connectivity index (χ0) is 12.8. The molecule has 0 saturated carbocycles. The van der Waals surface area contributed by atoms with Crippen LogP contribution in [-0.4, -0.2) is 26.2 Å². The maximum atomic E-state index is 11.2. The number of rotatable bonds is 5. The highest BCUT2D eigenvalue weighted by Crippen LogP contribution is 2.25. The molecule has 0 aromatic heterocycles. The lowest BCUT2D eigenvalue weighted by atomic mass is 10.0. The number of methoxy groups -OCH3 is 2. The topological polar surface area (TPSA) is 99.6 Å². The average molecular weight is 239 g/mol. The van der Waals surface area contributed by atoms with Gasteiger partial charge in [0.25, 0.3) is 5.91 Å². The van der Waals surface area contributed by atoms with Gasteiger partial charge in [0.1, 0.15) is 11.5 Å². The standard InChI is InChI=1S/C11H17N3O3/c1-16-8-4-3-7(10(6-8)17-2)5-9(12)11(15)14-13/h3-4,6,9H,5,12-13H2,1-2H3,(H,14,15). The van der Waals surface area contributed by atoms with Gasteiger partial charge in [-0.1, -0.05) is 6.07 Å². The third kappa shape index (κ3) is 3.33. The maximum absolute atomic E-state index is 11.2. The van der Waals surface area contributed by atoms with E-state index >= 15 is 0 Å². The van der Waals surface area contributed by atoms with Gasteiger partial charge in [0, 0.05) is 12.5 Å². The molecule has 0 fully saturated rings. The Hall–Kier alpha value is -1.79. The van der Waals surface area contributed by atoms with E-state index in [9.17, 15) is 4.79 Å². The van der Waals surface area contributed by atoms with Crippen LogP contribution in [0.1, 0.15) is 5.56 Å². The van der Waals surface area contributed by atoms with Gasteiger partial charge >= 0.3 is 0 Å². The van der Waals surface area contributed by atoms with Crippen molar-refractivity contribution in [2.24, 2.45) is 11.6 Å². The van der Waals surface area contributed by atoms with Crippen LogP contribution < -0.4 is 26.5 Å². The van der Waals surface area contributed by atoms with E-state index in [1.807, 2.05) is 5.43 Å². The van der Waals surface area contributed by atoms with E-state index < -0.39 is 11.9 Å². The van der Waals surface area contributed by atoms with Gasteiger partial charge in [-0.3, -0.25) is 10.2 Å². The van der Waals surface area contributed by atoms with E-state index in [1.165, 1.54) is 0 Å². The van der Waals surface area contributed by atoms with Gasteiger partial charge in [0.2, 0.25) is 0 Å². The normalized spacial score (nSPS) is 11.8. The van der Waals surface area contributed by atoms with E-state index in [0.717, 1.165) is 5.56 Å². The summed E-state index contributed by atoms with van der Waals surface area (Å²) >= 11 is 0. The molecule has 0 spiro atoms. The lowest BCUT2D eigenvalue weighted by Gasteiger charge is -2.13. The van der Waals surface area contributed by atoms with Crippen molar-refractivity contribution in [2.45, 2.75) is 12.5 Å². The van der Waals surface area contributed by atoms with Gasteiger partial charge in [0.15, 0.2) is 0 Å². The quantitative estimate of drug-likeness (QED) is 0.367. The number of hydrazine groups is 1. The van der Waals surface area contributed by atoms with Crippen molar-refractivity contribution in [1.29, 1.82) is 0 Å². The minimum absolute atomic E-state index is 0.343. The second kappa shape index (κ2) is 6.07. The lowest BCUT2D eigenvalue weighted by molar-refractivity contribution is -0.122. The summed E-state index contributed by atoms with van der Waals surface area (Å²) < 4.78 is 10.3. The summed E-state index contributed by atoms with van der Waals surface area (Å²) in [5.74, 6) is 5.91. The monoisotopic (exact) mass is 239 g/mol. The molecule has 0 aliphatic carbocycles. The summed E-state index contributed by atoms with van der Waals surface area (Å²) in [4.78, 5) is 11.2.